The van der Waals surface area contributed by atoms with E-state index in [0.29, 0.717) is 13.0 Å². The zero-order valence-electron chi connectivity index (χ0n) is 16.6. The second-order valence-electron chi connectivity index (χ2n) is 7.34. The number of piperazine rings is 1. The highest BCUT2D eigenvalue weighted by molar-refractivity contribution is 7.91. The van der Waals surface area contributed by atoms with Crippen molar-refractivity contribution in [1.82, 2.24) is 15.5 Å². The molecular weight excluding hydrogens is 397 g/mol. The Labute approximate surface area is 171 Å². The molecule has 3 rings (SSSR count). The van der Waals surface area contributed by atoms with Gasteiger partial charge in [-0.25, -0.2) is 12.8 Å². The lowest BCUT2D eigenvalue weighted by Crippen LogP contribution is -2.53. The molecule has 0 bridgehead atoms. The van der Waals surface area contributed by atoms with Crippen molar-refractivity contribution >= 4 is 27.4 Å². The first-order valence-electron chi connectivity index (χ1n) is 9.82. The first-order valence-corrected chi connectivity index (χ1v) is 11.6. The molecule has 1 atom stereocenters. The van der Waals surface area contributed by atoms with Crippen molar-refractivity contribution < 1.29 is 17.6 Å². The van der Waals surface area contributed by atoms with Crippen LogP contribution in [0, 0.1) is 5.82 Å². The second kappa shape index (κ2) is 9.43. The number of halogens is 1. The maximum atomic E-state index is 13.1. The first kappa shape index (κ1) is 21.4. The summed E-state index contributed by atoms with van der Waals surface area (Å²) in [5.41, 5.74) is 1.000. The number of benzene rings is 1. The van der Waals surface area contributed by atoms with E-state index in [4.69, 9.17) is 0 Å². The Morgan fingerprint density at radius 3 is 2.48 bits per heavy atom. The molecule has 2 aliphatic heterocycles. The quantitative estimate of drug-likeness (QED) is 0.518. The third-order valence-corrected chi connectivity index (χ3v) is 6.98. The van der Waals surface area contributed by atoms with Crippen molar-refractivity contribution in [2.24, 2.45) is 4.99 Å². The van der Waals surface area contributed by atoms with Gasteiger partial charge in [0.2, 0.25) is 5.91 Å². The van der Waals surface area contributed by atoms with Gasteiger partial charge in [-0.05, 0) is 30.7 Å². The zero-order valence-corrected chi connectivity index (χ0v) is 17.4. The van der Waals surface area contributed by atoms with Crippen molar-refractivity contribution in [1.29, 1.82) is 0 Å². The third kappa shape index (κ3) is 6.06. The van der Waals surface area contributed by atoms with Crippen LogP contribution < -0.4 is 15.5 Å². The summed E-state index contributed by atoms with van der Waals surface area (Å²) in [6.45, 7) is 3.55. The number of hydrogen-bond acceptors (Lipinski definition) is 5. The monoisotopic (exact) mass is 425 g/mol. The minimum Gasteiger partial charge on any atom is -0.368 e. The third-order valence-electron chi connectivity index (χ3n) is 5.22. The summed E-state index contributed by atoms with van der Waals surface area (Å²) in [4.78, 5) is 20.7. The second-order valence-corrected chi connectivity index (χ2v) is 9.57. The van der Waals surface area contributed by atoms with Crippen LogP contribution in [0.15, 0.2) is 29.3 Å². The number of rotatable bonds is 5. The van der Waals surface area contributed by atoms with Crippen LogP contribution in [0.4, 0.5) is 10.1 Å². The van der Waals surface area contributed by atoms with Gasteiger partial charge in [-0.1, -0.05) is 0 Å². The summed E-state index contributed by atoms with van der Waals surface area (Å²) >= 11 is 0. The first-order chi connectivity index (χ1) is 13.9. The number of carbonyl (C=O) groups excluding carboxylic acids is 1. The van der Waals surface area contributed by atoms with Gasteiger partial charge in [-0.3, -0.25) is 9.79 Å². The Morgan fingerprint density at radius 2 is 1.90 bits per heavy atom. The molecule has 0 saturated carbocycles. The van der Waals surface area contributed by atoms with Crippen molar-refractivity contribution in [3.8, 4) is 0 Å². The number of guanidine groups is 1. The maximum Gasteiger partial charge on any atom is 0.222 e. The minimum absolute atomic E-state index is 0.0339. The van der Waals surface area contributed by atoms with Crippen LogP contribution >= 0.6 is 0 Å². The molecule has 1 unspecified atom stereocenters. The summed E-state index contributed by atoms with van der Waals surface area (Å²) in [5.74, 6) is 0.519. The fraction of sp³-hybridized carbons (Fsp3) is 0.579. The standard InChI is InChI=1S/C19H28FN5O3S/c1-21-19(22-8-6-18(26)23-16-7-13-29(27,28)14-16)25-11-9-24(10-12-25)17-4-2-15(20)3-5-17/h2-5,16H,6-14H2,1H3,(H,21,22)(H,23,26). The van der Waals surface area contributed by atoms with Gasteiger partial charge in [0.1, 0.15) is 5.82 Å². The van der Waals surface area contributed by atoms with Gasteiger partial charge in [0.05, 0.1) is 11.5 Å². The van der Waals surface area contributed by atoms with Crippen molar-refractivity contribution in [2.75, 3.05) is 56.2 Å². The van der Waals surface area contributed by atoms with Crippen molar-refractivity contribution in [2.45, 2.75) is 18.9 Å². The van der Waals surface area contributed by atoms with E-state index in [1.54, 1.807) is 19.2 Å². The largest absolute Gasteiger partial charge is 0.368 e. The number of sulfone groups is 1. The lowest BCUT2D eigenvalue weighted by Gasteiger charge is -2.37. The molecule has 10 heteroatoms. The van der Waals surface area contributed by atoms with Gasteiger partial charge in [-0.2, -0.15) is 0 Å². The fourth-order valence-corrected chi connectivity index (χ4v) is 5.33. The van der Waals surface area contributed by atoms with Gasteiger partial charge in [0, 0.05) is 57.9 Å². The minimum atomic E-state index is -3.00. The Morgan fingerprint density at radius 1 is 1.21 bits per heavy atom. The van der Waals surface area contributed by atoms with Crippen molar-refractivity contribution in [3.63, 3.8) is 0 Å². The van der Waals surface area contributed by atoms with E-state index < -0.39 is 9.84 Å². The Balaban J connectivity index is 1.39. The summed E-state index contributed by atoms with van der Waals surface area (Å²) in [7, 11) is -1.29. The summed E-state index contributed by atoms with van der Waals surface area (Å²) in [6, 6.07) is 6.23. The van der Waals surface area contributed by atoms with Gasteiger partial charge >= 0.3 is 0 Å². The maximum absolute atomic E-state index is 13.1. The predicted molar refractivity (Wildman–Crippen MR) is 111 cm³/mol. The molecule has 1 amide bonds. The van der Waals surface area contributed by atoms with E-state index in [9.17, 15) is 17.6 Å². The SMILES string of the molecule is CN=C(NCCC(=O)NC1CCS(=O)(=O)C1)N1CCN(c2ccc(F)cc2)CC1. The normalized spacial score (nSPS) is 21.9. The number of nitrogens with zero attached hydrogens (tertiary/aromatic N) is 3. The predicted octanol–water partition coefficient (Wildman–Crippen LogP) is 0.217. The molecule has 0 spiro atoms. The number of nitrogens with one attached hydrogen (secondary N) is 2. The molecule has 160 valence electrons. The average Bonchev–Trinajstić information content (AvgIpc) is 3.04. The number of amides is 1. The summed E-state index contributed by atoms with van der Waals surface area (Å²) < 4.78 is 36.0. The van der Waals surface area contributed by atoms with Crippen LogP contribution in [0.2, 0.25) is 0 Å². The number of aliphatic imine (C=N–C) groups is 1. The Kier molecular flexibility index (Phi) is 6.94. The van der Waals surface area contributed by atoms with E-state index in [1.807, 2.05) is 0 Å². The highest BCUT2D eigenvalue weighted by Crippen LogP contribution is 2.17. The average molecular weight is 426 g/mol. The molecule has 1 aromatic carbocycles. The highest BCUT2D eigenvalue weighted by Gasteiger charge is 2.28. The van der Waals surface area contributed by atoms with Crippen LogP contribution in [0.1, 0.15) is 12.8 Å². The van der Waals surface area contributed by atoms with E-state index in [1.165, 1.54) is 12.1 Å². The lowest BCUT2D eigenvalue weighted by molar-refractivity contribution is -0.121. The van der Waals surface area contributed by atoms with Gasteiger partial charge < -0.3 is 20.4 Å². The van der Waals surface area contributed by atoms with Gasteiger partial charge in [0.25, 0.3) is 0 Å². The lowest BCUT2D eigenvalue weighted by atomic mass is 10.2. The molecule has 2 saturated heterocycles. The van der Waals surface area contributed by atoms with Crippen LogP contribution in [-0.2, 0) is 14.6 Å². The molecule has 29 heavy (non-hydrogen) atoms. The molecule has 8 nitrogen and oxygen atoms in total. The Hall–Kier alpha value is -2.36. The topological polar surface area (TPSA) is 94.1 Å². The molecule has 0 aromatic heterocycles. The smallest absolute Gasteiger partial charge is 0.222 e. The molecule has 2 aliphatic rings. The van der Waals surface area contributed by atoms with E-state index >= 15 is 0 Å². The molecule has 2 fully saturated rings. The van der Waals surface area contributed by atoms with Crippen LogP contribution in [-0.4, -0.2) is 82.5 Å². The molecular formula is C19H28FN5O3S. The van der Waals surface area contributed by atoms with Crippen LogP contribution in [0.5, 0.6) is 0 Å². The fourth-order valence-electron chi connectivity index (χ4n) is 3.66. The number of hydrogen-bond donors (Lipinski definition) is 2. The van der Waals surface area contributed by atoms with Gasteiger partial charge in [-0.15, -0.1) is 0 Å². The van der Waals surface area contributed by atoms with Crippen LogP contribution in [0.3, 0.4) is 0 Å². The van der Waals surface area contributed by atoms with E-state index in [0.717, 1.165) is 37.8 Å². The van der Waals surface area contributed by atoms with E-state index in [2.05, 4.69) is 25.4 Å². The molecule has 0 aliphatic carbocycles. The van der Waals surface area contributed by atoms with Gasteiger partial charge in [0.15, 0.2) is 15.8 Å². The van der Waals surface area contributed by atoms with Crippen molar-refractivity contribution in [3.05, 3.63) is 30.1 Å². The van der Waals surface area contributed by atoms with E-state index in [-0.39, 0.29) is 35.7 Å². The van der Waals surface area contributed by atoms with Crippen LogP contribution in [0.25, 0.3) is 0 Å². The molecule has 2 heterocycles. The zero-order chi connectivity index (χ0) is 20.9. The molecule has 0 radical (unpaired) electrons. The number of anilines is 1. The Bertz CT molecular complexity index is 836. The number of carbonyl (C=O) groups is 1. The summed E-state index contributed by atoms with van der Waals surface area (Å²) in [6.07, 6.45) is 0.743. The summed E-state index contributed by atoms with van der Waals surface area (Å²) in [5, 5.41) is 5.99. The highest BCUT2D eigenvalue weighted by atomic mass is 32.2. The molecule has 2 N–H and O–H groups in total. The molecule has 1 aromatic rings.